The van der Waals surface area contributed by atoms with E-state index in [1.54, 1.807) is 24.5 Å². The summed E-state index contributed by atoms with van der Waals surface area (Å²) >= 11 is 5.97. The lowest BCUT2D eigenvalue weighted by atomic mass is 10.2. The molecule has 0 aliphatic rings. The monoisotopic (exact) mass is 289 g/mol. The van der Waals surface area contributed by atoms with Gasteiger partial charge in [-0.1, -0.05) is 23.7 Å². The minimum Gasteiger partial charge on any atom is -0.324 e. The van der Waals surface area contributed by atoms with Gasteiger partial charge in [0.15, 0.2) is 0 Å². The summed E-state index contributed by atoms with van der Waals surface area (Å²) in [6.07, 6.45) is 4.39. The van der Waals surface area contributed by atoms with Crippen molar-refractivity contribution in [2.24, 2.45) is 0 Å². The molecule has 1 aromatic carbocycles. The van der Waals surface area contributed by atoms with Gasteiger partial charge >= 0.3 is 0 Å². The molecule has 0 saturated heterocycles. The van der Waals surface area contributed by atoms with E-state index in [9.17, 15) is 4.79 Å². The van der Waals surface area contributed by atoms with Crippen LogP contribution in [0, 0.1) is 0 Å². The third kappa shape index (κ3) is 4.64. The summed E-state index contributed by atoms with van der Waals surface area (Å²) in [4.78, 5) is 15.7. The van der Waals surface area contributed by atoms with Gasteiger partial charge in [0.25, 0.3) is 0 Å². The van der Waals surface area contributed by atoms with Gasteiger partial charge in [0, 0.05) is 12.4 Å². The molecule has 4 nitrogen and oxygen atoms in total. The van der Waals surface area contributed by atoms with Crippen molar-refractivity contribution >= 4 is 23.2 Å². The van der Waals surface area contributed by atoms with Crippen LogP contribution in [0.15, 0.2) is 48.8 Å². The van der Waals surface area contributed by atoms with Crippen LogP contribution >= 0.6 is 11.6 Å². The van der Waals surface area contributed by atoms with Crippen LogP contribution in [-0.2, 0) is 11.2 Å². The number of aromatic nitrogens is 1. The second kappa shape index (κ2) is 7.62. The lowest BCUT2D eigenvalue weighted by molar-refractivity contribution is -0.115. The van der Waals surface area contributed by atoms with E-state index in [0.717, 1.165) is 13.0 Å². The molecule has 0 bridgehead atoms. The molecular formula is C15H16ClN3O. The van der Waals surface area contributed by atoms with Gasteiger partial charge in [-0.05, 0) is 42.8 Å². The number of anilines is 1. The molecule has 0 radical (unpaired) electrons. The van der Waals surface area contributed by atoms with Crippen LogP contribution < -0.4 is 10.6 Å². The van der Waals surface area contributed by atoms with Crippen LogP contribution in [0.2, 0.25) is 5.02 Å². The quantitative estimate of drug-likeness (QED) is 0.804. The third-order valence-corrected chi connectivity index (χ3v) is 3.10. The highest BCUT2D eigenvalue weighted by Gasteiger charge is 2.04. The van der Waals surface area contributed by atoms with Crippen LogP contribution in [0.4, 0.5) is 5.69 Å². The average molecular weight is 290 g/mol. The van der Waals surface area contributed by atoms with Gasteiger partial charge in [0.05, 0.1) is 17.3 Å². The SMILES string of the molecule is O=C(CNCCc1ccncc1)Nc1ccccc1Cl. The van der Waals surface area contributed by atoms with Gasteiger partial charge in [-0.3, -0.25) is 9.78 Å². The van der Waals surface area contributed by atoms with Crippen molar-refractivity contribution < 1.29 is 4.79 Å². The van der Waals surface area contributed by atoms with Crippen molar-refractivity contribution in [2.75, 3.05) is 18.4 Å². The average Bonchev–Trinajstić information content (AvgIpc) is 2.47. The molecule has 0 saturated carbocycles. The fourth-order valence-corrected chi connectivity index (χ4v) is 1.92. The Hall–Kier alpha value is -1.91. The lowest BCUT2D eigenvalue weighted by Crippen LogP contribution is -2.29. The molecule has 2 aromatic rings. The summed E-state index contributed by atoms with van der Waals surface area (Å²) in [5, 5.41) is 6.40. The number of hydrogen-bond donors (Lipinski definition) is 2. The summed E-state index contributed by atoms with van der Waals surface area (Å²) in [6, 6.07) is 11.1. The Balaban J connectivity index is 1.69. The Bertz CT molecular complexity index is 560. The summed E-state index contributed by atoms with van der Waals surface area (Å²) in [5.74, 6) is -0.104. The summed E-state index contributed by atoms with van der Waals surface area (Å²) < 4.78 is 0. The van der Waals surface area contributed by atoms with Crippen LogP contribution in [0.1, 0.15) is 5.56 Å². The zero-order valence-electron chi connectivity index (χ0n) is 11.0. The highest BCUT2D eigenvalue weighted by atomic mass is 35.5. The number of hydrogen-bond acceptors (Lipinski definition) is 3. The van der Waals surface area contributed by atoms with Crippen molar-refractivity contribution in [3.63, 3.8) is 0 Å². The number of nitrogens with one attached hydrogen (secondary N) is 2. The number of halogens is 1. The van der Waals surface area contributed by atoms with E-state index < -0.39 is 0 Å². The van der Waals surface area contributed by atoms with Crippen LogP contribution in [0.25, 0.3) is 0 Å². The van der Waals surface area contributed by atoms with Crippen molar-refractivity contribution in [2.45, 2.75) is 6.42 Å². The van der Waals surface area contributed by atoms with E-state index in [1.807, 2.05) is 24.3 Å². The van der Waals surface area contributed by atoms with E-state index in [1.165, 1.54) is 5.56 Å². The van der Waals surface area contributed by atoms with E-state index in [2.05, 4.69) is 15.6 Å². The second-order valence-corrected chi connectivity index (χ2v) is 4.72. The van der Waals surface area contributed by atoms with Crippen molar-refractivity contribution in [3.05, 3.63) is 59.4 Å². The number of nitrogens with zero attached hydrogens (tertiary/aromatic N) is 1. The highest BCUT2D eigenvalue weighted by molar-refractivity contribution is 6.33. The van der Waals surface area contributed by atoms with Crippen LogP contribution in [-0.4, -0.2) is 24.0 Å². The summed E-state index contributed by atoms with van der Waals surface area (Å²) in [6.45, 7) is 0.996. The minimum atomic E-state index is -0.104. The minimum absolute atomic E-state index is 0.104. The molecule has 0 spiro atoms. The molecule has 1 aromatic heterocycles. The highest BCUT2D eigenvalue weighted by Crippen LogP contribution is 2.19. The normalized spacial score (nSPS) is 10.2. The Morgan fingerprint density at radius 3 is 2.65 bits per heavy atom. The number of carbonyl (C=O) groups is 1. The molecule has 0 aliphatic heterocycles. The van der Waals surface area contributed by atoms with E-state index in [0.29, 0.717) is 10.7 Å². The largest absolute Gasteiger partial charge is 0.324 e. The molecule has 0 unspecified atom stereocenters. The molecule has 20 heavy (non-hydrogen) atoms. The molecule has 0 fully saturated rings. The lowest BCUT2D eigenvalue weighted by Gasteiger charge is -2.08. The smallest absolute Gasteiger partial charge is 0.238 e. The zero-order valence-corrected chi connectivity index (χ0v) is 11.7. The number of pyridine rings is 1. The first-order chi connectivity index (χ1) is 9.75. The Labute approximate surface area is 123 Å². The first-order valence-corrected chi connectivity index (χ1v) is 6.77. The number of carbonyl (C=O) groups excluding carboxylic acids is 1. The molecule has 0 aliphatic carbocycles. The molecule has 104 valence electrons. The standard InChI is InChI=1S/C15H16ClN3O/c16-13-3-1-2-4-14(13)19-15(20)11-18-10-7-12-5-8-17-9-6-12/h1-6,8-9,18H,7,10-11H2,(H,19,20). The maximum Gasteiger partial charge on any atom is 0.238 e. The third-order valence-electron chi connectivity index (χ3n) is 2.77. The summed E-state index contributed by atoms with van der Waals surface area (Å²) in [5.41, 5.74) is 1.83. The zero-order chi connectivity index (χ0) is 14.2. The van der Waals surface area contributed by atoms with Gasteiger partial charge in [0.1, 0.15) is 0 Å². The molecule has 0 atom stereocenters. The van der Waals surface area contributed by atoms with Crippen molar-refractivity contribution in [1.29, 1.82) is 0 Å². The molecule has 5 heteroatoms. The van der Waals surface area contributed by atoms with Crippen molar-refractivity contribution in [1.82, 2.24) is 10.3 Å². The number of amides is 1. The topological polar surface area (TPSA) is 54.0 Å². The number of para-hydroxylation sites is 1. The van der Waals surface area contributed by atoms with Gasteiger partial charge in [-0.15, -0.1) is 0 Å². The number of benzene rings is 1. The fraction of sp³-hybridized carbons (Fsp3) is 0.200. The molecule has 1 heterocycles. The molecule has 2 rings (SSSR count). The summed E-state index contributed by atoms with van der Waals surface area (Å²) in [7, 11) is 0. The van der Waals surface area contributed by atoms with Gasteiger partial charge < -0.3 is 10.6 Å². The first kappa shape index (κ1) is 14.5. The fourth-order valence-electron chi connectivity index (χ4n) is 1.74. The predicted molar refractivity (Wildman–Crippen MR) is 80.9 cm³/mol. The first-order valence-electron chi connectivity index (χ1n) is 6.40. The Kier molecular flexibility index (Phi) is 5.53. The Morgan fingerprint density at radius 2 is 1.90 bits per heavy atom. The maximum atomic E-state index is 11.7. The predicted octanol–water partition coefficient (Wildman–Crippen LogP) is 2.51. The van der Waals surface area contributed by atoms with Crippen molar-refractivity contribution in [3.8, 4) is 0 Å². The van der Waals surface area contributed by atoms with E-state index >= 15 is 0 Å². The van der Waals surface area contributed by atoms with Crippen LogP contribution in [0.3, 0.4) is 0 Å². The van der Waals surface area contributed by atoms with E-state index in [-0.39, 0.29) is 12.5 Å². The number of rotatable bonds is 6. The second-order valence-electron chi connectivity index (χ2n) is 4.31. The molecule has 2 N–H and O–H groups in total. The van der Waals surface area contributed by atoms with Gasteiger partial charge in [-0.2, -0.15) is 0 Å². The van der Waals surface area contributed by atoms with Gasteiger partial charge in [0.2, 0.25) is 5.91 Å². The van der Waals surface area contributed by atoms with Crippen LogP contribution in [0.5, 0.6) is 0 Å². The van der Waals surface area contributed by atoms with Gasteiger partial charge in [-0.25, -0.2) is 0 Å². The Morgan fingerprint density at radius 1 is 1.15 bits per heavy atom. The maximum absolute atomic E-state index is 11.7. The molecule has 1 amide bonds. The molecular weight excluding hydrogens is 274 g/mol. The van der Waals surface area contributed by atoms with E-state index in [4.69, 9.17) is 11.6 Å².